The fourth-order valence-corrected chi connectivity index (χ4v) is 3.18. The van der Waals surface area contributed by atoms with E-state index < -0.39 is 5.97 Å². The van der Waals surface area contributed by atoms with Crippen molar-refractivity contribution in [2.45, 2.75) is 53.6 Å². The number of nitrogens with zero attached hydrogens (tertiary/aromatic N) is 1. The molecule has 0 saturated carbocycles. The molecule has 0 unspecified atom stereocenters. The van der Waals surface area contributed by atoms with Gasteiger partial charge in [-0.2, -0.15) is 0 Å². The summed E-state index contributed by atoms with van der Waals surface area (Å²) in [7, 11) is 0. The van der Waals surface area contributed by atoms with Gasteiger partial charge in [-0.05, 0) is 59.8 Å². The van der Waals surface area contributed by atoms with Crippen LogP contribution in [-0.2, 0) is 9.53 Å². The van der Waals surface area contributed by atoms with E-state index in [4.69, 9.17) is 27.9 Å². The van der Waals surface area contributed by atoms with E-state index >= 15 is 0 Å². The number of carbonyl (C=O) groups is 2. The topological polar surface area (TPSA) is 46.6 Å². The fraction of sp³-hybridized carbons (Fsp3) is 0.474. The number of halogens is 2. The molecule has 6 heteroatoms. The molecule has 138 valence electrons. The maximum atomic E-state index is 12.8. The summed E-state index contributed by atoms with van der Waals surface area (Å²) in [6.07, 6.45) is 1.57. The number of ether oxygens (including phenoxy) is 1. The summed E-state index contributed by atoms with van der Waals surface area (Å²) < 4.78 is 4.95. The highest BCUT2D eigenvalue weighted by Gasteiger charge is 2.23. The number of rotatable bonds is 6. The summed E-state index contributed by atoms with van der Waals surface area (Å²) in [6.45, 7) is 11.5. The molecule has 0 aliphatic carbocycles. The van der Waals surface area contributed by atoms with Crippen LogP contribution in [0.3, 0.4) is 0 Å². The fourth-order valence-electron chi connectivity index (χ4n) is 2.58. The predicted molar refractivity (Wildman–Crippen MR) is 103 cm³/mol. The Hall–Kier alpha value is -1.52. The monoisotopic (exact) mass is 385 g/mol. The van der Waals surface area contributed by atoms with E-state index in [1.807, 2.05) is 27.7 Å². The Bertz CT molecular complexity index is 650. The van der Waals surface area contributed by atoms with Gasteiger partial charge in [-0.25, -0.2) is 4.79 Å². The molecule has 1 rings (SSSR count). The van der Waals surface area contributed by atoms with Crippen LogP contribution in [0.2, 0.25) is 10.0 Å². The first-order valence-electron chi connectivity index (χ1n) is 8.27. The molecule has 1 amide bonds. The van der Waals surface area contributed by atoms with Crippen molar-refractivity contribution in [1.29, 1.82) is 0 Å². The molecule has 0 aliphatic rings. The number of hydrogen-bond acceptors (Lipinski definition) is 3. The van der Waals surface area contributed by atoms with E-state index in [0.29, 0.717) is 33.4 Å². The largest absolute Gasteiger partial charge is 0.463 e. The molecule has 0 aliphatic heterocycles. The molecule has 0 bridgehead atoms. The van der Waals surface area contributed by atoms with E-state index in [2.05, 4.69) is 0 Å². The lowest BCUT2D eigenvalue weighted by molar-refractivity contribution is -0.138. The van der Waals surface area contributed by atoms with Crippen LogP contribution in [0.5, 0.6) is 0 Å². The summed E-state index contributed by atoms with van der Waals surface area (Å²) >= 11 is 12.6. The molecule has 0 spiro atoms. The van der Waals surface area contributed by atoms with Crippen molar-refractivity contribution in [1.82, 2.24) is 4.90 Å². The minimum Gasteiger partial charge on any atom is -0.463 e. The van der Waals surface area contributed by atoms with Gasteiger partial charge in [-0.3, -0.25) is 4.79 Å². The van der Waals surface area contributed by atoms with Crippen LogP contribution in [-0.4, -0.2) is 35.5 Å². The molecule has 1 aromatic carbocycles. The number of carbonyl (C=O) groups excluding carboxylic acids is 2. The summed E-state index contributed by atoms with van der Waals surface area (Å²) in [5.74, 6) is -0.563. The lowest BCUT2D eigenvalue weighted by Gasteiger charge is -2.31. The normalized spacial score (nSPS) is 11.8. The van der Waals surface area contributed by atoms with Crippen LogP contribution >= 0.6 is 23.2 Å². The molecule has 0 radical (unpaired) electrons. The molecule has 25 heavy (non-hydrogen) atoms. The number of amides is 1. The van der Waals surface area contributed by atoms with Gasteiger partial charge in [0, 0.05) is 28.8 Å². The highest BCUT2D eigenvalue weighted by molar-refractivity contribution is 6.37. The van der Waals surface area contributed by atoms with Crippen LogP contribution in [0.25, 0.3) is 6.08 Å². The molecule has 0 aromatic heterocycles. The lowest BCUT2D eigenvalue weighted by Crippen LogP contribution is -2.42. The Morgan fingerprint density at radius 3 is 2.00 bits per heavy atom. The van der Waals surface area contributed by atoms with Crippen molar-refractivity contribution in [3.8, 4) is 0 Å². The standard InChI is InChI=1S/C19H25Cl2NO3/c1-7-25-19(24)13(6)8-15-16(20)9-14(10-17(15)21)18(23)22(11(2)3)12(4)5/h8-12H,7H2,1-6H3/b13-8+. The van der Waals surface area contributed by atoms with Gasteiger partial charge in [0.05, 0.1) is 16.7 Å². The van der Waals surface area contributed by atoms with E-state index in [9.17, 15) is 9.59 Å². The minimum absolute atomic E-state index is 0.0516. The smallest absolute Gasteiger partial charge is 0.333 e. The lowest BCUT2D eigenvalue weighted by atomic mass is 10.1. The number of esters is 1. The number of hydrogen-bond donors (Lipinski definition) is 0. The van der Waals surface area contributed by atoms with Gasteiger partial charge in [0.25, 0.3) is 5.91 Å². The Kier molecular flexibility index (Phi) is 7.97. The zero-order valence-corrected chi connectivity index (χ0v) is 17.0. The second kappa shape index (κ2) is 9.25. The van der Waals surface area contributed by atoms with E-state index in [1.54, 1.807) is 37.0 Å². The summed E-state index contributed by atoms with van der Waals surface area (Å²) in [5.41, 5.74) is 1.30. The van der Waals surface area contributed by atoms with E-state index in [0.717, 1.165) is 0 Å². The van der Waals surface area contributed by atoms with Crippen molar-refractivity contribution >= 4 is 41.2 Å². The Labute approximate surface area is 159 Å². The van der Waals surface area contributed by atoms with E-state index in [-0.39, 0.29) is 18.0 Å². The summed E-state index contributed by atoms with van der Waals surface area (Å²) in [5, 5.41) is 0.624. The molecular weight excluding hydrogens is 361 g/mol. The molecule has 0 N–H and O–H groups in total. The van der Waals surface area contributed by atoms with Gasteiger partial charge < -0.3 is 9.64 Å². The first kappa shape index (κ1) is 21.5. The molecule has 1 aromatic rings. The van der Waals surface area contributed by atoms with Crippen molar-refractivity contribution < 1.29 is 14.3 Å². The highest BCUT2D eigenvalue weighted by Crippen LogP contribution is 2.30. The third kappa shape index (κ3) is 5.48. The maximum Gasteiger partial charge on any atom is 0.333 e. The Morgan fingerprint density at radius 2 is 1.60 bits per heavy atom. The zero-order chi connectivity index (χ0) is 19.3. The van der Waals surface area contributed by atoms with Crippen LogP contribution < -0.4 is 0 Å². The van der Waals surface area contributed by atoms with Crippen LogP contribution in [0.15, 0.2) is 17.7 Å². The maximum absolute atomic E-state index is 12.8. The second-order valence-electron chi connectivity index (χ2n) is 6.30. The molecule has 4 nitrogen and oxygen atoms in total. The zero-order valence-electron chi connectivity index (χ0n) is 15.5. The van der Waals surface area contributed by atoms with Crippen LogP contribution in [0, 0.1) is 0 Å². The van der Waals surface area contributed by atoms with Crippen molar-refractivity contribution in [2.75, 3.05) is 6.61 Å². The average molecular weight is 386 g/mol. The first-order chi connectivity index (χ1) is 11.6. The summed E-state index contributed by atoms with van der Waals surface area (Å²) in [6, 6.07) is 3.27. The second-order valence-corrected chi connectivity index (χ2v) is 7.12. The molecule has 0 fully saturated rings. The molecular formula is C19H25Cl2NO3. The van der Waals surface area contributed by atoms with Gasteiger partial charge in [0.2, 0.25) is 0 Å². The van der Waals surface area contributed by atoms with E-state index in [1.165, 1.54) is 0 Å². The minimum atomic E-state index is -0.430. The van der Waals surface area contributed by atoms with Crippen molar-refractivity contribution in [2.24, 2.45) is 0 Å². The summed E-state index contributed by atoms with van der Waals surface area (Å²) in [4.78, 5) is 26.3. The quantitative estimate of drug-likeness (QED) is 0.498. The third-order valence-electron chi connectivity index (χ3n) is 3.63. The molecule has 0 atom stereocenters. The first-order valence-corrected chi connectivity index (χ1v) is 9.02. The molecule has 0 heterocycles. The Morgan fingerprint density at radius 1 is 1.12 bits per heavy atom. The van der Waals surface area contributed by atoms with Crippen molar-refractivity contribution in [3.63, 3.8) is 0 Å². The van der Waals surface area contributed by atoms with Gasteiger partial charge in [0.15, 0.2) is 0 Å². The van der Waals surface area contributed by atoms with Crippen molar-refractivity contribution in [3.05, 3.63) is 38.9 Å². The third-order valence-corrected chi connectivity index (χ3v) is 4.26. The highest BCUT2D eigenvalue weighted by atomic mass is 35.5. The molecule has 0 saturated heterocycles. The van der Waals surface area contributed by atoms with Gasteiger partial charge in [-0.1, -0.05) is 23.2 Å². The van der Waals surface area contributed by atoms with Gasteiger partial charge in [0.1, 0.15) is 0 Å². The predicted octanol–water partition coefficient (Wildman–Crippen LogP) is 5.22. The average Bonchev–Trinajstić information content (AvgIpc) is 2.49. The van der Waals surface area contributed by atoms with Gasteiger partial charge in [-0.15, -0.1) is 0 Å². The van der Waals surface area contributed by atoms with Gasteiger partial charge >= 0.3 is 5.97 Å². The Balaban J connectivity index is 3.25. The SMILES string of the molecule is CCOC(=O)/C(C)=C/c1c(Cl)cc(C(=O)N(C(C)C)C(C)C)cc1Cl. The van der Waals surface area contributed by atoms with Crippen LogP contribution in [0.1, 0.15) is 57.5 Å². The van der Waals surface area contributed by atoms with Crippen LogP contribution in [0.4, 0.5) is 0 Å². The number of benzene rings is 1.